The van der Waals surface area contributed by atoms with Crippen molar-refractivity contribution in [3.63, 3.8) is 0 Å². The lowest BCUT2D eigenvalue weighted by Gasteiger charge is -2.05. The van der Waals surface area contributed by atoms with Crippen LogP contribution in [0.2, 0.25) is 0 Å². The maximum atomic E-state index is 13.5. The highest BCUT2D eigenvalue weighted by atomic mass is 19.2. The molecule has 1 aromatic rings. The van der Waals surface area contributed by atoms with Crippen LogP contribution in [0.1, 0.15) is 11.5 Å². The lowest BCUT2D eigenvalue weighted by Crippen LogP contribution is -2.18. The number of carbonyl (C=O) groups is 2. The van der Waals surface area contributed by atoms with Gasteiger partial charge in [0.2, 0.25) is 5.78 Å². The molecule has 0 fully saturated rings. The number of ketones is 1. The van der Waals surface area contributed by atoms with Gasteiger partial charge in [-0.15, -0.1) is 0 Å². The Kier molecular flexibility index (Phi) is 2.58. The van der Waals surface area contributed by atoms with E-state index in [0.717, 1.165) is 6.07 Å². The number of hydrogen-bond acceptors (Lipinski definition) is 5. The molecule has 1 aliphatic rings. The van der Waals surface area contributed by atoms with Crippen LogP contribution in [0.5, 0.6) is 0 Å². The van der Waals surface area contributed by atoms with E-state index < -0.39 is 22.3 Å². The van der Waals surface area contributed by atoms with Crippen LogP contribution < -0.4 is 5.12 Å². The molecule has 0 amide bonds. The standard InChI is InChI=1S/C10H7FN2O4/c11-12-4-7(9(15)5-14)6-2-1-3-8(10(6)12)13(16)17/h1-3,5,7H,4H2. The summed E-state index contributed by atoms with van der Waals surface area (Å²) in [6.45, 7) is -0.363. The highest BCUT2D eigenvalue weighted by molar-refractivity contribution is 6.28. The van der Waals surface area contributed by atoms with Crippen molar-refractivity contribution >= 4 is 23.4 Å². The van der Waals surface area contributed by atoms with Crippen LogP contribution in [0.4, 0.5) is 15.9 Å². The Hall–Kier alpha value is -2.31. The number of halogens is 1. The van der Waals surface area contributed by atoms with Crippen molar-refractivity contribution in [1.29, 1.82) is 0 Å². The van der Waals surface area contributed by atoms with Gasteiger partial charge in [0.05, 0.1) is 17.4 Å². The molecule has 1 heterocycles. The number of fused-ring (bicyclic) bond motifs is 1. The van der Waals surface area contributed by atoms with Crippen molar-refractivity contribution in [2.75, 3.05) is 11.7 Å². The lowest BCUT2D eigenvalue weighted by molar-refractivity contribution is -0.384. The van der Waals surface area contributed by atoms with Gasteiger partial charge in [0, 0.05) is 6.07 Å². The van der Waals surface area contributed by atoms with Crippen LogP contribution in [-0.4, -0.2) is 23.5 Å². The molecule has 0 aliphatic carbocycles. The van der Waals surface area contributed by atoms with Crippen LogP contribution in [0.15, 0.2) is 18.2 Å². The molecule has 0 saturated carbocycles. The van der Waals surface area contributed by atoms with Crippen LogP contribution >= 0.6 is 0 Å². The van der Waals surface area contributed by atoms with Gasteiger partial charge in [-0.3, -0.25) is 19.7 Å². The molecule has 0 radical (unpaired) electrons. The number of para-hydroxylation sites is 1. The Balaban J connectivity index is 2.57. The Labute approximate surface area is 94.7 Å². The molecule has 1 atom stereocenters. The fourth-order valence-electron chi connectivity index (χ4n) is 1.92. The summed E-state index contributed by atoms with van der Waals surface area (Å²) in [4.78, 5) is 31.7. The van der Waals surface area contributed by atoms with Crippen LogP contribution in [0.3, 0.4) is 0 Å². The van der Waals surface area contributed by atoms with Gasteiger partial charge in [-0.1, -0.05) is 16.6 Å². The SMILES string of the molecule is O=CC(=O)C1CN(F)c2c1cccc2[N+](=O)[O-]. The third kappa shape index (κ3) is 1.65. The molecule has 2 rings (SSSR count). The second-order valence-electron chi connectivity index (χ2n) is 3.59. The summed E-state index contributed by atoms with van der Waals surface area (Å²) >= 11 is 0. The number of nitrogens with zero attached hydrogens (tertiary/aromatic N) is 2. The molecular weight excluding hydrogens is 231 g/mol. The topological polar surface area (TPSA) is 80.5 Å². The van der Waals surface area contributed by atoms with E-state index in [9.17, 15) is 24.2 Å². The number of nitro groups is 1. The van der Waals surface area contributed by atoms with E-state index in [1.165, 1.54) is 12.1 Å². The summed E-state index contributed by atoms with van der Waals surface area (Å²) in [6.07, 6.45) is 0.104. The summed E-state index contributed by atoms with van der Waals surface area (Å²) in [5.41, 5.74) is -0.470. The molecule has 0 bridgehead atoms. The smallest absolute Gasteiger partial charge is 0.295 e. The van der Waals surface area contributed by atoms with E-state index in [-0.39, 0.29) is 29.2 Å². The second-order valence-corrected chi connectivity index (χ2v) is 3.59. The summed E-state index contributed by atoms with van der Waals surface area (Å²) < 4.78 is 13.5. The molecule has 0 N–H and O–H groups in total. The van der Waals surface area contributed by atoms with E-state index in [2.05, 4.69) is 0 Å². The molecule has 17 heavy (non-hydrogen) atoms. The average molecular weight is 238 g/mol. The van der Waals surface area contributed by atoms with E-state index >= 15 is 0 Å². The number of nitro benzene ring substituents is 1. The van der Waals surface area contributed by atoms with Crippen molar-refractivity contribution in [2.45, 2.75) is 5.92 Å². The summed E-state index contributed by atoms with van der Waals surface area (Å²) in [5.74, 6) is -1.75. The number of anilines is 1. The Morgan fingerprint density at radius 2 is 2.29 bits per heavy atom. The summed E-state index contributed by atoms with van der Waals surface area (Å²) in [5, 5.41) is 10.8. The molecule has 1 aliphatic heterocycles. The highest BCUT2D eigenvalue weighted by Crippen LogP contribution is 2.42. The van der Waals surface area contributed by atoms with E-state index in [1.807, 2.05) is 0 Å². The quantitative estimate of drug-likeness (QED) is 0.259. The summed E-state index contributed by atoms with van der Waals surface area (Å²) in [6, 6.07) is 3.92. The molecule has 6 nitrogen and oxygen atoms in total. The number of carbonyl (C=O) groups excluding carboxylic acids is 2. The van der Waals surface area contributed by atoms with Gasteiger partial charge in [-0.05, 0) is 5.56 Å². The van der Waals surface area contributed by atoms with Crippen molar-refractivity contribution in [1.82, 2.24) is 0 Å². The highest BCUT2D eigenvalue weighted by Gasteiger charge is 2.38. The largest absolute Gasteiger partial charge is 0.295 e. The fourth-order valence-corrected chi connectivity index (χ4v) is 1.92. The predicted octanol–water partition coefficient (Wildman–Crippen LogP) is 1.15. The molecule has 7 heteroatoms. The van der Waals surface area contributed by atoms with Gasteiger partial charge in [-0.2, -0.15) is 0 Å². The normalized spacial score (nSPS) is 17.7. The molecular formula is C10H7FN2O4. The zero-order chi connectivity index (χ0) is 12.6. The maximum absolute atomic E-state index is 13.5. The molecule has 0 saturated heterocycles. The van der Waals surface area contributed by atoms with Gasteiger partial charge in [0.15, 0.2) is 12.0 Å². The van der Waals surface area contributed by atoms with E-state index in [1.54, 1.807) is 0 Å². The molecule has 0 aromatic heterocycles. The van der Waals surface area contributed by atoms with Gasteiger partial charge in [0.25, 0.3) is 5.69 Å². The van der Waals surface area contributed by atoms with Crippen molar-refractivity contribution in [2.24, 2.45) is 0 Å². The van der Waals surface area contributed by atoms with Crippen molar-refractivity contribution < 1.29 is 19.0 Å². The molecule has 1 aromatic carbocycles. The van der Waals surface area contributed by atoms with Crippen molar-refractivity contribution in [3.05, 3.63) is 33.9 Å². The molecule has 88 valence electrons. The van der Waals surface area contributed by atoms with Crippen LogP contribution in [-0.2, 0) is 9.59 Å². The van der Waals surface area contributed by atoms with Gasteiger partial charge in [-0.25, -0.2) is 5.12 Å². The number of Topliss-reactive ketones (excluding diaryl/α,β-unsaturated/α-hetero) is 1. The first-order valence-electron chi connectivity index (χ1n) is 4.76. The monoisotopic (exact) mass is 238 g/mol. The zero-order valence-electron chi connectivity index (χ0n) is 8.50. The second kappa shape index (κ2) is 3.93. The number of rotatable bonds is 3. The van der Waals surface area contributed by atoms with Gasteiger partial charge < -0.3 is 0 Å². The minimum Gasteiger partial charge on any atom is -0.295 e. The van der Waals surface area contributed by atoms with Gasteiger partial charge in [0.1, 0.15) is 0 Å². The average Bonchev–Trinajstić information content (AvgIpc) is 2.66. The van der Waals surface area contributed by atoms with Crippen molar-refractivity contribution in [3.8, 4) is 0 Å². The first kappa shape index (κ1) is 11.2. The van der Waals surface area contributed by atoms with E-state index in [4.69, 9.17) is 0 Å². The third-order valence-electron chi connectivity index (χ3n) is 2.66. The summed E-state index contributed by atoms with van der Waals surface area (Å²) in [7, 11) is 0. The first-order valence-corrected chi connectivity index (χ1v) is 4.76. The Morgan fingerprint density at radius 1 is 1.59 bits per heavy atom. The number of benzene rings is 1. The lowest BCUT2D eigenvalue weighted by atomic mass is 9.97. The van der Waals surface area contributed by atoms with Crippen LogP contribution in [0, 0.1) is 10.1 Å². The zero-order valence-corrected chi connectivity index (χ0v) is 8.50. The van der Waals surface area contributed by atoms with Crippen LogP contribution in [0.25, 0.3) is 0 Å². The van der Waals surface area contributed by atoms with E-state index in [0.29, 0.717) is 0 Å². The third-order valence-corrected chi connectivity index (χ3v) is 2.66. The minimum atomic E-state index is -0.965. The molecule has 1 unspecified atom stereocenters. The fraction of sp³-hybridized carbons (Fsp3) is 0.200. The predicted molar refractivity (Wildman–Crippen MR) is 55.4 cm³/mol. The Bertz CT molecular complexity index is 517. The number of aldehydes is 1. The van der Waals surface area contributed by atoms with Gasteiger partial charge >= 0.3 is 0 Å². The number of hydrogen-bond donors (Lipinski definition) is 0. The first-order chi connectivity index (χ1) is 8.06. The minimum absolute atomic E-state index is 0.104. The molecule has 0 spiro atoms. The maximum Gasteiger partial charge on any atom is 0.295 e. The Morgan fingerprint density at radius 3 is 2.88 bits per heavy atom.